The monoisotopic (exact) mass is 392 g/mol. The summed E-state index contributed by atoms with van der Waals surface area (Å²) in [6.45, 7) is 1.87. The van der Waals surface area contributed by atoms with Gasteiger partial charge in [-0.3, -0.25) is 0 Å². The molecule has 7 heteroatoms. The highest BCUT2D eigenvalue weighted by atomic mass is 16.5. The van der Waals surface area contributed by atoms with Crippen LogP contribution < -0.4 is 18.9 Å². The Balaban J connectivity index is 2.58. The number of aliphatic hydroxyl groups is 1. The molecular weight excluding hydrogens is 364 g/mol. The first kappa shape index (κ1) is 21.5. The smallest absolute Gasteiger partial charge is 0.200 e. The van der Waals surface area contributed by atoms with Gasteiger partial charge in [0.2, 0.25) is 11.5 Å². The molecule has 0 fully saturated rings. The molecule has 2 atom stereocenters. The Labute approximate surface area is 165 Å². The average molecular weight is 392 g/mol. The molecule has 2 unspecified atom stereocenters. The highest BCUT2D eigenvalue weighted by molar-refractivity contribution is 5.56. The molecule has 2 aromatic rings. The number of methoxy groups -OCH3 is 4. The van der Waals surface area contributed by atoms with Gasteiger partial charge in [0.25, 0.3) is 0 Å². The molecule has 0 saturated carbocycles. The Morgan fingerprint density at radius 2 is 1.00 bits per heavy atom. The molecule has 0 aliphatic rings. The van der Waals surface area contributed by atoms with Crippen LogP contribution >= 0.6 is 0 Å². The molecule has 0 bridgehead atoms. The molecule has 0 heterocycles. The predicted octanol–water partition coefficient (Wildman–Crippen LogP) is 3.40. The standard InChI is InChI=1S/C21H28O7/c1-6-14(12-7-16(25-2)20(23)17(8-12)26-3)15(11-22)13-9-18(27-4)21(24)19(10-13)28-5/h7-10,14-15,22-24H,6,11H2,1-5H3. The number of hydrogen-bond acceptors (Lipinski definition) is 7. The van der Waals surface area contributed by atoms with E-state index in [0.717, 1.165) is 11.1 Å². The number of phenolic OH excluding ortho intramolecular Hbond substituents is 2. The summed E-state index contributed by atoms with van der Waals surface area (Å²) in [5.74, 6) is 0.533. The summed E-state index contributed by atoms with van der Waals surface area (Å²) in [6.07, 6.45) is 0.702. The summed E-state index contributed by atoms with van der Waals surface area (Å²) in [6, 6.07) is 6.86. The second kappa shape index (κ2) is 9.41. The van der Waals surface area contributed by atoms with Gasteiger partial charge in [-0.1, -0.05) is 6.92 Å². The largest absolute Gasteiger partial charge is 0.502 e. The molecule has 28 heavy (non-hydrogen) atoms. The summed E-state index contributed by atoms with van der Waals surface area (Å²) >= 11 is 0. The van der Waals surface area contributed by atoms with Crippen molar-refractivity contribution < 1.29 is 34.3 Å². The summed E-state index contributed by atoms with van der Waals surface area (Å²) in [5, 5.41) is 30.6. The Kier molecular flexibility index (Phi) is 7.23. The van der Waals surface area contributed by atoms with Gasteiger partial charge in [-0.05, 0) is 47.7 Å². The van der Waals surface area contributed by atoms with E-state index in [1.54, 1.807) is 24.3 Å². The van der Waals surface area contributed by atoms with Gasteiger partial charge >= 0.3 is 0 Å². The van der Waals surface area contributed by atoms with Crippen LogP contribution in [0.25, 0.3) is 0 Å². The van der Waals surface area contributed by atoms with E-state index < -0.39 is 0 Å². The summed E-state index contributed by atoms with van der Waals surface area (Å²) in [7, 11) is 5.86. The normalized spacial score (nSPS) is 12.9. The maximum absolute atomic E-state index is 10.2. The lowest BCUT2D eigenvalue weighted by Gasteiger charge is -2.27. The zero-order valence-corrected chi connectivity index (χ0v) is 16.9. The van der Waals surface area contributed by atoms with Crippen LogP contribution in [0, 0.1) is 0 Å². The van der Waals surface area contributed by atoms with Crippen LogP contribution in [-0.4, -0.2) is 50.4 Å². The molecule has 154 valence electrons. The Bertz CT molecular complexity index is 686. The molecule has 7 nitrogen and oxygen atoms in total. The molecule has 0 aromatic heterocycles. The number of rotatable bonds is 9. The topological polar surface area (TPSA) is 97.6 Å². The van der Waals surface area contributed by atoms with Crippen LogP contribution in [0.3, 0.4) is 0 Å². The van der Waals surface area contributed by atoms with Crippen molar-refractivity contribution in [3.63, 3.8) is 0 Å². The quantitative estimate of drug-likeness (QED) is 0.602. The zero-order chi connectivity index (χ0) is 20.8. The van der Waals surface area contributed by atoms with E-state index in [0.29, 0.717) is 17.9 Å². The minimum absolute atomic E-state index is 0.0721. The maximum Gasteiger partial charge on any atom is 0.200 e. The van der Waals surface area contributed by atoms with E-state index in [1.807, 2.05) is 6.92 Å². The third kappa shape index (κ3) is 4.04. The van der Waals surface area contributed by atoms with Crippen LogP contribution in [0.15, 0.2) is 24.3 Å². The van der Waals surface area contributed by atoms with Crippen LogP contribution in [0.4, 0.5) is 0 Å². The number of aromatic hydroxyl groups is 2. The average Bonchev–Trinajstić information content (AvgIpc) is 2.72. The first-order valence-corrected chi connectivity index (χ1v) is 8.96. The second-order valence-corrected chi connectivity index (χ2v) is 6.35. The Morgan fingerprint density at radius 1 is 0.679 bits per heavy atom. The number of aliphatic hydroxyl groups excluding tert-OH is 1. The fraction of sp³-hybridized carbons (Fsp3) is 0.429. The lowest BCUT2D eigenvalue weighted by Crippen LogP contribution is -2.15. The van der Waals surface area contributed by atoms with E-state index in [-0.39, 0.29) is 41.4 Å². The Hall–Kier alpha value is -2.80. The fourth-order valence-electron chi connectivity index (χ4n) is 3.47. The number of benzene rings is 2. The van der Waals surface area contributed by atoms with E-state index in [9.17, 15) is 15.3 Å². The van der Waals surface area contributed by atoms with Crippen molar-refractivity contribution >= 4 is 0 Å². The minimum Gasteiger partial charge on any atom is -0.502 e. The van der Waals surface area contributed by atoms with Crippen LogP contribution in [0.5, 0.6) is 34.5 Å². The van der Waals surface area contributed by atoms with E-state index in [4.69, 9.17) is 18.9 Å². The molecular formula is C21H28O7. The van der Waals surface area contributed by atoms with E-state index in [1.165, 1.54) is 28.4 Å². The van der Waals surface area contributed by atoms with Gasteiger partial charge in [-0.25, -0.2) is 0 Å². The van der Waals surface area contributed by atoms with Crippen molar-refractivity contribution in [2.45, 2.75) is 25.2 Å². The number of phenols is 2. The highest BCUT2D eigenvalue weighted by Crippen LogP contribution is 2.46. The molecule has 0 spiro atoms. The van der Waals surface area contributed by atoms with Gasteiger partial charge in [0.1, 0.15) is 0 Å². The van der Waals surface area contributed by atoms with E-state index in [2.05, 4.69) is 0 Å². The van der Waals surface area contributed by atoms with Gasteiger partial charge in [0, 0.05) is 5.92 Å². The van der Waals surface area contributed by atoms with Gasteiger partial charge in [0.05, 0.1) is 35.0 Å². The predicted molar refractivity (Wildman–Crippen MR) is 105 cm³/mol. The molecule has 2 rings (SSSR count). The van der Waals surface area contributed by atoms with E-state index >= 15 is 0 Å². The van der Waals surface area contributed by atoms with Crippen molar-refractivity contribution in [2.24, 2.45) is 0 Å². The molecule has 0 saturated heterocycles. The Morgan fingerprint density at radius 3 is 1.25 bits per heavy atom. The molecule has 2 aromatic carbocycles. The number of ether oxygens (including phenoxy) is 4. The van der Waals surface area contributed by atoms with Crippen molar-refractivity contribution in [3.8, 4) is 34.5 Å². The molecule has 0 aliphatic heterocycles. The van der Waals surface area contributed by atoms with Crippen LogP contribution in [-0.2, 0) is 0 Å². The van der Waals surface area contributed by atoms with Crippen LogP contribution in [0.2, 0.25) is 0 Å². The van der Waals surface area contributed by atoms with Crippen molar-refractivity contribution in [1.82, 2.24) is 0 Å². The van der Waals surface area contributed by atoms with Gasteiger partial charge in [-0.2, -0.15) is 0 Å². The molecule has 3 N–H and O–H groups in total. The van der Waals surface area contributed by atoms with Gasteiger partial charge in [-0.15, -0.1) is 0 Å². The van der Waals surface area contributed by atoms with Gasteiger partial charge in [0.15, 0.2) is 23.0 Å². The summed E-state index contributed by atoms with van der Waals surface area (Å²) in [5.41, 5.74) is 1.60. The lowest BCUT2D eigenvalue weighted by molar-refractivity contribution is 0.244. The third-order valence-corrected chi connectivity index (χ3v) is 4.98. The second-order valence-electron chi connectivity index (χ2n) is 6.35. The maximum atomic E-state index is 10.2. The number of hydrogen-bond donors (Lipinski definition) is 3. The molecule has 0 radical (unpaired) electrons. The fourth-order valence-corrected chi connectivity index (χ4v) is 3.47. The highest BCUT2D eigenvalue weighted by Gasteiger charge is 2.27. The molecule has 0 aliphatic carbocycles. The van der Waals surface area contributed by atoms with Crippen molar-refractivity contribution in [2.75, 3.05) is 35.0 Å². The first-order chi connectivity index (χ1) is 13.4. The first-order valence-electron chi connectivity index (χ1n) is 8.96. The van der Waals surface area contributed by atoms with Crippen molar-refractivity contribution in [1.29, 1.82) is 0 Å². The SMILES string of the molecule is CCC(c1cc(OC)c(O)c(OC)c1)C(CO)c1cc(OC)c(O)c(OC)c1. The van der Waals surface area contributed by atoms with Crippen molar-refractivity contribution in [3.05, 3.63) is 35.4 Å². The third-order valence-electron chi connectivity index (χ3n) is 4.98. The molecule has 0 amide bonds. The summed E-state index contributed by atoms with van der Waals surface area (Å²) < 4.78 is 21.0. The zero-order valence-electron chi connectivity index (χ0n) is 16.9. The van der Waals surface area contributed by atoms with Gasteiger partial charge < -0.3 is 34.3 Å². The lowest BCUT2D eigenvalue weighted by atomic mass is 9.80. The summed E-state index contributed by atoms with van der Waals surface area (Å²) in [4.78, 5) is 0. The van der Waals surface area contributed by atoms with Crippen LogP contribution in [0.1, 0.15) is 36.3 Å². The minimum atomic E-state index is -0.313.